The Morgan fingerprint density at radius 2 is 2.04 bits per heavy atom. The highest BCUT2D eigenvalue weighted by atomic mass is 16.5. The first-order valence-corrected chi connectivity index (χ1v) is 8.69. The lowest BCUT2D eigenvalue weighted by atomic mass is 10.1. The summed E-state index contributed by atoms with van der Waals surface area (Å²) < 4.78 is 8.54. The number of rotatable bonds is 7. The van der Waals surface area contributed by atoms with Gasteiger partial charge >= 0.3 is 6.01 Å². The van der Waals surface area contributed by atoms with E-state index in [4.69, 9.17) is 4.74 Å². The second-order valence-electron chi connectivity index (χ2n) is 6.17. The number of carbonyl (C=O) groups excluding carboxylic acids is 1. The fourth-order valence-electron chi connectivity index (χ4n) is 2.78. The fourth-order valence-corrected chi connectivity index (χ4v) is 2.78. The number of carbonyl (C=O) groups is 1. The van der Waals surface area contributed by atoms with Crippen LogP contribution in [-0.2, 0) is 13.6 Å². The van der Waals surface area contributed by atoms with Crippen molar-refractivity contribution < 1.29 is 9.53 Å². The van der Waals surface area contributed by atoms with E-state index in [1.807, 2.05) is 30.7 Å². The average Bonchev–Trinajstić information content (AvgIpc) is 3.19. The van der Waals surface area contributed by atoms with Gasteiger partial charge in [0.2, 0.25) is 0 Å². The van der Waals surface area contributed by atoms with Crippen LogP contribution in [0.5, 0.6) is 6.01 Å². The van der Waals surface area contributed by atoms with E-state index in [1.54, 1.807) is 31.0 Å². The van der Waals surface area contributed by atoms with Crippen LogP contribution in [-0.4, -0.2) is 49.1 Å². The maximum absolute atomic E-state index is 12.4. The molecular formula is C18H23N7O2. The van der Waals surface area contributed by atoms with E-state index in [2.05, 4.69) is 25.5 Å². The van der Waals surface area contributed by atoms with E-state index in [9.17, 15) is 4.79 Å². The number of benzene rings is 1. The molecule has 0 aliphatic heterocycles. The second kappa shape index (κ2) is 7.98. The zero-order chi connectivity index (χ0) is 19.4. The standard InChI is InChI=1S/C18H23N7O2/c1-12-20-13(2)25(22-12)10-6-9-19-17(26)15-8-5-7-14(11-15)16-21-18(27-4)24(3)23-16/h5,7-8,11H,6,9-10H2,1-4H3,(H,19,26). The molecule has 0 aliphatic rings. The van der Waals surface area contributed by atoms with Gasteiger partial charge in [0.05, 0.1) is 7.11 Å². The summed E-state index contributed by atoms with van der Waals surface area (Å²) in [6, 6.07) is 7.63. The van der Waals surface area contributed by atoms with Crippen LogP contribution in [0.3, 0.4) is 0 Å². The minimum absolute atomic E-state index is 0.133. The lowest BCUT2D eigenvalue weighted by Gasteiger charge is -2.07. The summed E-state index contributed by atoms with van der Waals surface area (Å²) in [7, 11) is 3.30. The van der Waals surface area contributed by atoms with E-state index >= 15 is 0 Å². The Labute approximate surface area is 157 Å². The molecular weight excluding hydrogens is 346 g/mol. The van der Waals surface area contributed by atoms with Crippen molar-refractivity contribution in [3.05, 3.63) is 41.5 Å². The van der Waals surface area contributed by atoms with Gasteiger partial charge in [-0.1, -0.05) is 12.1 Å². The zero-order valence-corrected chi connectivity index (χ0v) is 15.9. The molecule has 2 aromatic heterocycles. The minimum Gasteiger partial charge on any atom is -0.467 e. The quantitative estimate of drug-likeness (QED) is 0.634. The van der Waals surface area contributed by atoms with E-state index in [-0.39, 0.29) is 5.91 Å². The molecule has 0 fully saturated rings. The Hall–Kier alpha value is -3.23. The molecule has 1 N–H and O–H groups in total. The van der Waals surface area contributed by atoms with Crippen LogP contribution in [0.25, 0.3) is 11.4 Å². The molecule has 0 aliphatic carbocycles. The third-order valence-electron chi connectivity index (χ3n) is 4.08. The fraction of sp³-hybridized carbons (Fsp3) is 0.389. The summed E-state index contributed by atoms with van der Waals surface area (Å²) in [5.74, 6) is 2.02. The van der Waals surface area contributed by atoms with Crippen LogP contribution in [0.4, 0.5) is 0 Å². The Balaban J connectivity index is 1.59. The number of nitrogens with one attached hydrogen (secondary N) is 1. The van der Waals surface area contributed by atoms with Crippen molar-refractivity contribution in [2.45, 2.75) is 26.8 Å². The summed E-state index contributed by atoms with van der Waals surface area (Å²) in [6.45, 7) is 5.05. The van der Waals surface area contributed by atoms with Gasteiger partial charge in [0.15, 0.2) is 5.82 Å². The van der Waals surface area contributed by atoms with Crippen LogP contribution < -0.4 is 10.1 Å². The number of hydrogen-bond acceptors (Lipinski definition) is 6. The Kier molecular flexibility index (Phi) is 5.49. The number of hydrogen-bond donors (Lipinski definition) is 1. The molecule has 1 aromatic carbocycles. The highest BCUT2D eigenvalue weighted by Crippen LogP contribution is 2.19. The highest BCUT2D eigenvalue weighted by molar-refractivity contribution is 5.95. The SMILES string of the molecule is COc1nc(-c2cccc(C(=O)NCCCn3nc(C)nc3C)c2)nn1C. The van der Waals surface area contributed by atoms with Gasteiger partial charge in [-0.2, -0.15) is 10.1 Å². The molecule has 0 radical (unpaired) electrons. The lowest BCUT2D eigenvalue weighted by molar-refractivity contribution is 0.0952. The Morgan fingerprint density at radius 3 is 2.70 bits per heavy atom. The van der Waals surface area contributed by atoms with Gasteiger partial charge in [0, 0.05) is 31.3 Å². The normalized spacial score (nSPS) is 10.8. The topological polar surface area (TPSA) is 99.8 Å². The van der Waals surface area contributed by atoms with Crippen molar-refractivity contribution in [3.8, 4) is 17.4 Å². The summed E-state index contributed by atoms with van der Waals surface area (Å²) >= 11 is 0. The molecule has 1 amide bonds. The second-order valence-corrected chi connectivity index (χ2v) is 6.17. The summed E-state index contributed by atoms with van der Waals surface area (Å²) in [6.07, 6.45) is 0.772. The first kappa shape index (κ1) is 18.6. The predicted octanol–water partition coefficient (Wildman–Crippen LogP) is 1.52. The van der Waals surface area contributed by atoms with E-state index < -0.39 is 0 Å². The molecule has 9 heteroatoms. The van der Waals surface area contributed by atoms with Crippen LogP contribution in [0.2, 0.25) is 0 Å². The third kappa shape index (κ3) is 4.30. The van der Waals surface area contributed by atoms with Crippen LogP contribution in [0.1, 0.15) is 28.4 Å². The van der Waals surface area contributed by atoms with Gasteiger partial charge < -0.3 is 10.1 Å². The number of nitrogens with zero attached hydrogens (tertiary/aromatic N) is 6. The molecule has 142 valence electrons. The largest absolute Gasteiger partial charge is 0.467 e. The summed E-state index contributed by atoms with van der Waals surface area (Å²) in [5, 5.41) is 11.5. The number of aryl methyl sites for hydroxylation is 4. The van der Waals surface area contributed by atoms with Gasteiger partial charge in [-0.15, -0.1) is 5.10 Å². The van der Waals surface area contributed by atoms with Gasteiger partial charge in [0.25, 0.3) is 5.91 Å². The molecule has 9 nitrogen and oxygen atoms in total. The Morgan fingerprint density at radius 1 is 1.22 bits per heavy atom. The van der Waals surface area contributed by atoms with Crippen LogP contribution in [0.15, 0.2) is 24.3 Å². The van der Waals surface area contributed by atoms with Gasteiger partial charge in [-0.3, -0.25) is 9.48 Å². The van der Waals surface area contributed by atoms with Crippen molar-refractivity contribution >= 4 is 5.91 Å². The predicted molar refractivity (Wildman–Crippen MR) is 99.4 cm³/mol. The number of amides is 1. The van der Waals surface area contributed by atoms with Crippen LogP contribution in [0, 0.1) is 13.8 Å². The average molecular weight is 369 g/mol. The maximum Gasteiger partial charge on any atom is 0.314 e. The third-order valence-corrected chi connectivity index (χ3v) is 4.08. The van der Waals surface area contributed by atoms with E-state index in [1.165, 1.54) is 0 Å². The molecule has 0 bridgehead atoms. The maximum atomic E-state index is 12.4. The van der Waals surface area contributed by atoms with Crippen molar-refractivity contribution in [2.75, 3.05) is 13.7 Å². The number of aromatic nitrogens is 6. The number of methoxy groups -OCH3 is 1. The van der Waals surface area contributed by atoms with E-state index in [0.29, 0.717) is 30.5 Å². The molecule has 3 aromatic rings. The van der Waals surface area contributed by atoms with Crippen molar-refractivity contribution in [3.63, 3.8) is 0 Å². The zero-order valence-electron chi connectivity index (χ0n) is 15.9. The minimum atomic E-state index is -0.133. The molecule has 3 rings (SSSR count). The lowest BCUT2D eigenvalue weighted by Crippen LogP contribution is -2.25. The number of ether oxygens (including phenoxy) is 1. The van der Waals surface area contributed by atoms with E-state index in [0.717, 1.165) is 23.6 Å². The first-order valence-electron chi connectivity index (χ1n) is 8.69. The molecule has 0 atom stereocenters. The van der Waals surface area contributed by atoms with Gasteiger partial charge in [-0.05, 0) is 32.4 Å². The smallest absolute Gasteiger partial charge is 0.314 e. The van der Waals surface area contributed by atoms with Gasteiger partial charge in [-0.25, -0.2) is 9.67 Å². The molecule has 0 spiro atoms. The van der Waals surface area contributed by atoms with Crippen molar-refractivity contribution in [2.24, 2.45) is 7.05 Å². The van der Waals surface area contributed by atoms with Crippen molar-refractivity contribution in [1.82, 2.24) is 34.8 Å². The summed E-state index contributed by atoms with van der Waals surface area (Å²) in [5.41, 5.74) is 1.32. The highest BCUT2D eigenvalue weighted by Gasteiger charge is 2.12. The molecule has 0 saturated carbocycles. The summed E-state index contributed by atoms with van der Waals surface area (Å²) in [4.78, 5) is 21.0. The Bertz CT molecular complexity index is 945. The molecule has 0 saturated heterocycles. The molecule has 27 heavy (non-hydrogen) atoms. The molecule has 2 heterocycles. The first-order chi connectivity index (χ1) is 13.0. The van der Waals surface area contributed by atoms with Crippen LogP contribution >= 0.6 is 0 Å². The van der Waals surface area contributed by atoms with Gasteiger partial charge in [0.1, 0.15) is 11.6 Å². The van der Waals surface area contributed by atoms with Crippen molar-refractivity contribution in [1.29, 1.82) is 0 Å². The monoisotopic (exact) mass is 369 g/mol. The molecule has 0 unspecified atom stereocenters.